The molecule has 0 heterocycles. The maximum absolute atomic E-state index is 13.6. The normalized spacial score (nSPS) is 18.4. The first-order chi connectivity index (χ1) is 16.8. The first-order valence-corrected chi connectivity index (χ1v) is 11.7. The van der Waals surface area contributed by atoms with Gasteiger partial charge in [0.15, 0.2) is 0 Å². The van der Waals surface area contributed by atoms with Crippen molar-refractivity contribution in [3.05, 3.63) is 93.2 Å². The number of carbonyl (C=O) groups excluding carboxylic acids is 2. The van der Waals surface area contributed by atoms with Crippen molar-refractivity contribution in [1.29, 1.82) is 0 Å². The summed E-state index contributed by atoms with van der Waals surface area (Å²) in [6.45, 7) is 0. The number of carbonyl (C=O) groups is 2. The summed E-state index contributed by atoms with van der Waals surface area (Å²) in [5.41, 5.74) is -1.46. The second kappa shape index (κ2) is 9.74. The van der Waals surface area contributed by atoms with Crippen LogP contribution in [0.25, 0.3) is 0 Å². The van der Waals surface area contributed by atoms with E-state index in [9.17, 15) is 27.2 Å². The van der Waals surface area contributed by atoms with Crippen LogP contribution in [-0.2, 0) is 11.0 Å². The Hall–Kier alpha value is -2.52. The summed E-state index contributed by atoms with van der Waals surface area (Å²) in [6, 6.07) is 11.7. The van der Waals surface area contributed by atoms with Gasteiger partial charge in [0, 0.05) is 27.3 Å². The zero-order chi connectivity index (χ0) is 26.4. The topological polar surface area (TPSA) is 58.2 Å². The molecule has 0 aliphatic heterocycles. The number of nitrogens with one attached hydrogen (secondary N) is 2. The molecule has 0 bridgehead atoms. The van der Waals surface area contributed by atoms with Crippen LogP contribution in [0.15, 0.2) is 60.7 Å². The minimum atomic E-state index is -4.85. The van der Waals surface area contributed by atoms with Gasteiger partial charge in [-0.15, -0.1) is 23.2 Å². The maximum atomic E-state index is 13.6. The van der Waals surface area contributed by atoms with E-state index in [1.807, 2.05) is 0 Å². The van der Waals surface area contributed by atoms with Crippen LogP contribution in [0.5, 0.6) is 0 Å². The predicted molar refractivity (Wildman–Crippen MR) is 132 cm³/mol. The zero-order valence-electron chi connectivity index (χ0n) is 17.8. The molecule has 0 unspecified atom stereocenters. The van der Waals surface area contributed by atoms with Crippen molar-refractivity contribution in [2.24, 2.45) is 5.92 Å². The van der Waals surface area contributed by atoms with Crippen LogP contribution in [0.4, 0.5) is 28.9 Å². The number of hydrogen-bond acceptors (Lipinski definition) is 2. The molecule has 1 aliphatic carbocycles. The van der Waals surface area contributed by atoms with E-state index in [1.54, 1.807) is 12.1 Å². The molecule has 3 aromatic carbocycles. The van der Waals surface area contributed by atoms with E-state index in [-0.39, 0.29) is 11.4 Å². The molecule has 36 heavy (non-hydrogen) atoms. The molecule has 1 fully saturated rings. The fraction of sp³-hybridized carbons (Fsp3) is 0.167. The highest BCUT2D eigenvalue weighted by Crippen LogP contribution is 2.65. The number of amides is 2. The van der Waals surface area contributed by atoms with E-state index in [1.165, 1.54) is 18.2 Å². The molecular formula is C24H14Cl4F4N2O2. The fourth-order valence-electron chi connectivity index (χ4n) is 3.83. The van der Waals surface area contributed by atoms with Crippen molar-refractivity contribution >= 4 is 69.6 Å². The first kappa shape index (κ1) is 26.5. The van der Waals surface area contributed by atoms with Crippen molar-refractivity contribution in [1.82, 2.24) is 0 Å². The summed E-state index contributed by atoms with van der Waals surface area (Å²) >= 11 is 24.7. The summed E-state index contributed by atoms with van der Waals surface area (Å²) < 4.78 is 52.3. The molecule has 0 aromatic heterocycles. The van der Waals surface area contributed by atoms with E-state index < -0.39 is 51.1 Å². The van der Waals surface area contributed by atoms with Crippen LogP contribution in [-0.4, -0.2) is 16.1 Å². The molecule has 188 valence electrons. The molecule has 3 aromatic rings. The molecule has 2 N–H and O–H groups in total. The Morgan fingerprint density at radius 2 is 1.42 bits per heavy atom. The summed E-state index contributed by atoms with van der Waals surface area (Å²) in [6.07, 6.45) is -4.85. The summed E-state index contributed by atoms with van der Waals surface area (Å²) in [5, 5.41) is 5.37. The summed E-state index contributed by atoms with van der Waals surface area (Å²) in [7, 11) is 0. The van der Waals surface area contributed by atoms with Gasteiger partial charge >= 0.3 is 6.18 Å². The minimum Gasteiger partial charge on any atom is -0.326 e. The van der Waals surface area contributed by atoms with Crippen LogP contribution in [0.1, 0.15) is 27.4 Å². The molecule has 4 nitrogen and oxygen atoms in total. The van der Waals surface area contributed by atoms with E-state index in [2.05, 4.69) is 10.6 Å². The average molecular weight is 580 g/mol. The lowest BCUT2D eigenvalue weighted by Gasteiger charge is -2.15. The van der Waals surface area contributed by atoms with E-state index in [4.69, 9.17) is 46.4 Å². The van der Waals surface area contributed by atoms with Gasteiger partial charge in [0.2, 0.25) is 5.91 Å². The number of halogens is 8. The molecule has 0 spiro atoms. The Morgan fingerprint density at radius 1 is 0.833 bits per heavy atom. The van der Waals surface area contributed by atoms with E-state index >= 15 is 0 Å². The van der Waals surface area contributed by atoms with Gasteiger partial charge in [-0.25, -0.2) is 4.39 Å². The molecule has 0 saturated heterocycles. The van der Waals surface area contributed by atoms with Crippen molar-refractivity contribution in [3.63, 3.8) is 0 Å². The van der Waals surface area contributed by atoms with Gasteiger partial charge in [0.1, 0.15) is 10.2 Å². The van der Waals surface area contributed by atoms with Gasteiger partial charge in [-0.05, 0) is 66.2 Å². The van der Waals surface area contributed by atoms with E-state index in [0.29, 0.717) is 21.7 Å². The highest BCUT2D eigenvalue weighted by atomic mass is 35.5. The number of hydrogen-bond donors (Lipinski definition) is 2. The van der Waals surface area contributed by atoms with Gasteiger partial charge < -0.3 is 10.6 Å². The van der Waals surface area contributed by atoms with Crippen LogP contribution in [0, 0.1) is 11.7 Å². The maximum Gasteiger partial charge on any atom is 0.417 e. The largest absolute Gasteiger partial charge is 0.417 e. The highest BCUT2D eigenvalue weighted by molar-refractivity contribution is 6.53. The highest BCUT2D eigenvalue weighted by Gasteiger charge is 2.67. The first-order valence-electron chi connectivity index (χ1n) is 10.2. The second-order valence-corrected chi connectivity index (χ2v) is 10.4. The van der Waals surface area contributed by atoms with Crippen molar-refractivity contribution in [3.8, 4) is 0 Å². The number of rotatable bonds is 5. The van der Waals surface area contributed by atoms with Crippen molar-refractivity contribution in [2.45, 2.75) is 16.4 Å². The number of anilines is 2. The molecule has 1 aliphatic rings. The number of alkyl halides is 5. The Labute approximate surface area is 222 Å². The average Bonchev–Trinajstić information content (AvgIpc) is 3.36. The molecule has 0 radical (unpaired) electrons. The van der Waals surface area contributed by atoms with Gasteiger partial charge in [-0.1, -0.05) is 23.2 Å². The predicted octanol–water partition coefficient (Wildman–Crippen LogP) is 7.93. The van der Waals surface area contributed by atoms with Gasteiger partial charge in [-0.2, -0.15) is 13.2 Å². The van der Waals surface area contributed by atoms with Gasteiger partial charge in [0.25, 0.3) is 5.91 Å². The Morgan fingerprint density at radius 3 is 2.00 bits per heavy atom. The molecule has 1 saturated carbocycles. The lowest BCUT2D eigenvalue weighted by atomic mass is 10.0. The molecule has 12 heteroatoms. The van der Waals surface area contributed by atoms with Gasteiger partial charge in [-0.3, -0.25) is 9.59 Å². The quantitative estimate of drug-likeness (QED) is 0.238. The standard InChI is InChI=1S/C24H14Cl4F4N2O2/c25-12-7-11(8-13(26)9-12)19-20(23(19,27)28)22(36)34-16-5-6-18(24(30,31)32)17(10-16)21(35)33-15-3-1-14(29)2-4-15/h1-10,19-20H,(H,33,35)(H,34,36)/t19-,20+/m0/s1. The van der Waals surface area contributed by atoms with Crippen molar-refractivity contribution < 1.29 is 27.2 Å². The SMILES string of the molecule is O=C(Nc1ccc(F)cc1)c1cc(NC(=O)[C@H]2[C@H](c3cc(Cl)cc(Cl)c3)C2(Cl)Cl)ccc1C(F)(F)F. The molecule has 2 atom stereocenters. The Bertz CT molecular complexity index is 1330. The third kappa shape index (κ3) is 5.57. The van der Waals surface area contributed by atoms with E-state index in [0.717, 1.165) is 24.3 Å². The molecular weight excluding hydrogens is 566 g/mol. The third-order valence-electron chi connectivity index (χ3n) is 5.52. The second-order valence-electron chi connectivity index (χ2n) is 8.04. The summed E-state index contributed by atoms with van der Waals surface area (Å²) in [4.78, 5) is 25.6. The van der Waals surface area contributed by atoms with Crippen molar-refractivity contribution in [2.75, 3.05) is 10.6 Å². The Balaban J connectivity index is 1.58. The van der Waals surface area contributed by atoms with Gasteiger partial charge in [0.05, 0.1) is 17.0 Å². The van der Waals surface area contributed by atoms with Crippen LogP contribution >= 0.6 is 46.4 Å². The zero-order valence-corrected chi connectivity index (χ0v) is 20.8. The molecule has 4 rings (SSSR count). The smallest absolute Gasteiger partial charge is 0.326 e. The van der Waals surface area contributed by atoms with Crippen LogP contribution in [0.3, 0.4) is 0 Å². The third-order valence-corrected chi connectivity index (χ3v) is 6.90. The fourth-order valence-corrected chi connectivity index (χ4v) is 5.20. The lowest BCUT2D eigenvalue weighted by molar-refractivity contribution is -0.137. The van der Waals surface area contributed by atoms with Crippen LogP contribution < -0.4 is 10.6 Å². The molecule has 2 amide bonds. The van der Waals surface area contributed by atoms with Crippen LogP contribution in [0.2, 0.25) is 10.0 Å². The monoisotopic (exact) mass is 578 g/mol. The number of benzene rings is 3. The Kier molecular flexibility index (Phi) is 7.18. The minimum absolute atomic E-state index is 0.0824. The summed E-state index contributed by atoms with van der Waals surface area (Å²) in [5.74, 6) is -4.00. The lowest BCUT2D eigenvalue weighted by Crippen LogP contribution is -2.21.